The van der Waals surface area contributed by atoms with Gasteiger partial charge in [-0.3, -0.25) is 9.59 Å². The lowest BCUT2D eigenvalue weighted by Crippen LogP contribution is -2.40. The van der Waals surface area contributed by atoms with Crippen molar-refractivity contribution in [1.82, 2.24) is 29.2 Å². The molecule has 324 valence electrons. The number of fused-ring (bicyclic) bond motifs is 4. The molecular weight excluding hydrogens is 797 g/mol. The fourth-order valence-corrected chi connectivity index (χ4v) is 8.15. The lowest BCUT2D eigenvalue weighted by Gasteiger charge is -2.36. The lowest BCUT2D eigenvalue weighted by atomic mass is 9.92. The van der Waals surface area contributed by atoms with Gasteiger partial charge in [-0.2, -0.15) is 10.2 Å². The molecule has 0 spiro atoms. The van der Waals surface area contributed by atoms with E-state index in [9.17, 15) is 19.8 Å². The Balaban J connectivity index is 0.000000158. The molecule has 0 unspecified atom stereocenters. The van der Waals surface area contributed by atoms with E-state index in [4.69, 9.17) is 18.9 Å². The normalized spacial score (nSPS) is 20.9. The summed E-state index contributed by atoms with van der Waals surface area (Å²) in [6.45, 7) is 9.11. The first kappa shape index (κ1) is 41.0. The summed E-state index contributed by atoms with van der Waals surface area (Å²) < 4.78 is 26.4. The maximum absolute atomic E-state index is 13.1. The van der Waals surface area contributed by atoms with E-state index in [2.05, 4.69) is 40.6 Å². The third-order valence-corrected chi connectivity index (χ3v) is 11.8. The summed E-state index contributed by atoms with van der Waals surface area (Å²) >= 11 is 0. The number of carbonyl (C=O) groups is 2. The number of aromatic nitrogens is 6. The van der Waals surface area contributed by atoms with Crippen molar-refractivity contribution < 1.29 is 38.7 Å². The van der Waals surface area contributed by atoms with Crippen LogP contribution >= 0.6 is 0 Å². The van der Waals surface area contributed by atoms with Crippen LogP contribution in [0.25, 0.3) is 11.3 Å². The second-order valence-corrected chi connectivity index (χ2v) is 16.4. The zero-order valence-electron chi connectivity index (χ0n) is 34.7. The molecule has 8 heterocycles. The molecule has 4 aliphatic rings. The minimum atomic E-state index is -0.594. The Morgan fingerprint density at radius 1 is 0.661 bits per heavy atom. The molecule has 6 aromatic rings. The maximum Gasteiger partial charge on any atom is 0.261 e. The molecule has 2 aromatic carbocycles. The SMILES string of the molecule is C[C@@]1(CO)CCc2cc(NC(=O)c3cnn4cccnc34)c(N3CCOCC3)cc2O1.C[C@]1(CO)CCc2cc(NC(=O)c3cnn4cccnc34)c(N3CCOCC3)cc2O1. The zero-order valence-corrected chi connectivity index (χ0v) is 34.7. The number of nitrogens with zero attached hydrogens (tertiary/aromatic N) is 8. The number of hydrogen-bond acceptors (Lipinski definition) is 14. The quantitative estimate of drug-likeness (QED) is 0.172. The highest BCUT2D eigenvalue weighted by molar-refractivity contribution is 6.10. The average Bonchev–Trinajstić information content (AvgIpc) is 3.95. The molecule has 2 saturated heterocycles. The van der Waals surface area contributed by atoms with E-state index in [1.165, 1.54) is 12.4 Å². The molecular formula is C44H50N10O8. The number of rotatable bonds is 8. The molecule has 0 saturated carbocycles. The summed E-state index contributed by atoms with van der Waals surface area (Å²) in [4.78, 5) is 39.2. The van der Waals surface area contributed by atoms with E-state index in [1.54, 1.807) is 46.0 Å². The van der Waals surface area contributed by atoms with Crippen molar-refractivity contribution in [3.63, 3.8) is 0 Å². The molecule has 18 nitrogen and oxygen atoms in total. The van der Waals surface area contributed by atoms with Crippen molar-refractivity contribution in [3.8, 4) is 11.5 Å². The summed E-state index contributed by atoms with van der Waals surface area (Å²) in [6, 6.07) is 11.4. The van der Waals surface area contributed by atoms with Crippen molar-refractivity contribution >= 4 is 45.9 Å². The fraction of sp³-hybridized carbons (Fsp3) is 0.409. The summed E-state index contributed by atoms with van der Waals surface area (Å²) in [6.07, 6.45) is 12.8. The van der Waals surface area contributed by atoms with Crippen LogP contribution < -0.4 is 29.9 Å². The topological polar surface area (TPSA) is 202 Å². The van der Waals surface area contributed by atoms with Gasteiger partial charge in [0, 0.05) is 63.1 Å². The first-order valence-electron chi connectivity index (χ1n) is 20.9. The van der Waals surface area contributed by atoms with Crippen molar-refractivity contribution in [1.29, 1.82) is 0 Å². The molecule has 2 fully saturated rings. The third-order valence-electron chi connectivity index (χ3n) is 11.8. The number of amides is 2. The molecule has 4 aromatic heterocycles. The molecule has 2 atom stereocenters. The van der Waals surface area contributed by atoms with Gasteiger partial charge in [0.15, 0.2) is 11.3 Å². The average molecular weight is 847 g/mol. The van der Waals surface area contributed by atoms with Gasteiger partial charge in [0.1, 0.15) is 33.8 Å². The molecule has 0 bridgehead atoms. The predicted molar refractivity (Wildman–Crippen MR) is 230 cm³/mol. The summed E-state index contributed by atoms with van der Waals surface area (Å²) in [7, 11) is 0. The van der Waals surface area contributed by atoms with Crippen molar-refractivity contribution in [2.24, 2.45) is 0 Å². The molecule has 0 radical (unpaired) electrons. The van der Waals surface area contributed by atoms with Crippen LogP contribution in [0, 0.1) is 0 Å². The minimum absolute atomic E-state index is 0.0421. The standard InChI is InChI=1S/2C22H25N5O4/c2*1-22(14-28)4-3-15-11-17(18(12-19(15)31-22)26-7-9-30-10-8-26)25-21(29)16-13-24-27-6-2-5-23-20(16)27/h2*2,5-6,11-13,28H,3-4,7-10,14H2,1H3,(H,25,29)/t2*22-/m10/s1. The van der Waals surface area contributed by atoms with Gasteiger partial charge < -0.3 is 49.6 Å². The van der Waals surface area contributed by atoms with Gasteiger partial charge in [0.25, 0.3) is 11.8 Å². The third kappa shape index (κ3) is 8.33. The lowest BCUT2D eigenvalue weighted by molar-refractivity contribution is 0.00807. The highest BCUT2D eigenvalue weighted by atomic mass is 16.5. The number of hydrogen-bond donors (Lipinski definition) is 4. The Bertz CT molecular complexity index is 2430. The number of carbonyl (C=O) groups excluding carboxylic acids is 2. The Morgan fingerprint density at radius 3 is 1.48 bits per heavy atom. The van der Waals surface area contributed by atoms with E-state index in [1.807, 2.05) is 38.1 Å². The largest absolute Gasteiger partial charge is 0.485 e. The Morgan fingerprint density at radius 2 is 1.08 bits per heavy atom. The molecule has 0 aliphatic carbocycles. The van der Waals surface area contributed by atoms with Crippen LogP contribution in [0.4, 0.5) is 22.7 Å². The van der Waals surface area contributed by atoms with E-state index in [0.717, 1.165) is 84.4 Å². The predicted octanol–water partition coefficient (Wildman–Crippen LogP) is 3.79. The zero-order chi connectivity index (χ0) is 42.8. The van der Waals surface area contributed by atoms with E-state index in [-0.39, 0.29) is 25.0 Å². The highest BCUT2D eigenvalue weighted by Crippen LogP contribution is 2.42. The van der Waals surface area contributed by atoms with Crippen LogP contribution in [0.15, 0.2) is 73.6 Å². The van der Waals surface area contributed by atoms with Gasteiger partial charge in [0.2, 0.25) is 0 Å². The van der Waals surface area contributed by atoms with Crippen LogP contribution in [-0.4, -0.2) is 128 Å². The van der Waals surface area contributed by atoms with Crippen LogP contribution in [0.1, 0.15) is 58.5 Å². The van der Waals surface area contributed by atoms with Gasteiger partial charge in [-0.25, -0.2) is 19.0 Å². The smallest absolute Gasteiger partial charge is 0.261 e. The van der Waals surface area contributed by atoms with Gasteiger partial charge in [0.05, 0.1) is 74.8 Å². The highest BCUT2D eigenvalue weighted by Gasteiger charge is 2.34. The summed E-state index contributed by atoms with van der Waals surface area (Å²) in [5.41, 5.74) is 5.86. The van der Waals surface area contributed by atoms with Crippen LogP contribution in [0.2, 0.25) is 0 Å². The molecule has 2 amide bonds. The van der Waals surface area contributed by atoms with Crippen LogP contribution in [0.5, 0.6) is 11.5 Å². The van der Waals surface area contributed by atoms with Crippen LogP contribution in [-0.2, 0) is 22.3 Å². The molecule has 10 rings (SSSR count). The van der Waals surface area contributed by atoms with Crippen LogP contribution in [0.3, 0.4) is 0 Å². The molecule has 62 heavy (non-hydrogen) atoms. The maximum atomic E-state index is 13.1. The fourth-order valence-electron chi connectivity index (χ4n) is 8.15. The Kier molecular flexibility index (Phi) is 11.4. The number of benzene rings is 2. The second kappa shape index (κ2) is 17.2. The number of aryl methyl sites for hydroxylation is 2. The Labute approximate surface area is 357 Å². The first-order valence-corrected chi connectivity index (χ1v) is 20.9. The van der Waals surface area contributed by atoms with Gasteiger partial charge >= 0.3 is 0 Å². The van der Waals surface area contributed by atoms with Crippen molar-refractivity contribution in [2.45, 2.75) is 50.7 Å². The summed E-state index contributed by atoms with van der Waals surface area (Å²) in [5, 5.41) is 34.0. The number of nitrogens with one attached hydrogen (secondary N) is 2. The number of morpholine rings is 2. The number of aliphatic hydroxyl groups is 2. The summed E-state index contributed by atoms with van der Waals surface area (Å²) in [5.74, 6) is 0.972. The number of anilines is 4. The first-order chi connectivity index (χ1) is 30.1. The Hall–Kier alpha value is -6.34. The van der Waals surface area contributed by atoms with Crippen molar-refractivity contribution in [3.05, 3.63) is 95.8 Å². The van der Waals surface area contributed by atoms with E-state index in [0.29, 0.717) is 61.7 Å². The molecule has 18 heteroatoms. The van der Waals surface area contributed by atoms with Gasteiger partial charge in [-0.1, -0.05) is 0 Å². The minimum Gasteiger partial charge on any atom is -0.485 e. The molecule has 4 N–H and O–H groups in total. The number of ether oxygens (including phenoxy) is 4. The van der Waals surface area contributed by atoms with E-state index >= 15 is 0 Å². The van der Waals surface area contributed by atoms with E-state index < -0.39 is 11.2 Å². The van der Waals surface area contributed by atoms with Gasteiger partial charge in [-0.05, 0) is 74.9 Å². The van der Waals surface area contributed by atoms with Crippen molar-refractivity contribution in [2.75, 3.05) is 86.3 Å². The second-order valence-electron chi connectivity index (χ2n) is 16.4. The molecule has 4 aliphatic heterocycles. The number of aliphatic hydroxyl groups excluding tert-OH is 2. The van der Waals surface area contributed by atoms with Gasteiger partial charge in [-0.15, -0.1) is 0 Å². The monoisotopic (exact) mass is 846 g/mol.